The fourth-order valence-electron chi connectivity index (χ4n) is 4.03. The van der Waals surface area contributed by atoms with E-state index in [0.717, 1.165) is 24.0 Å². The zero-order valence-corrected chi connectivity index (χ0v) is 14.4. The summed E-state index contributed by atoms with van der Waals surface area (Å²) in [5, 5.41) is 10.7. The van der Waals surface area contributed by atoms with Gasteiger partial charge in [-0.3, -0.25) is 0 Å². The van der Waals surface area contributed by atoms with Crippen LogP contribution in [0.15, 0.2) is 24.3 Å². The molecule has 0 heterocycles. The fourth-order valence-corrected chi connectivity index (χ4v) is 5.68. The number of nitriles is 1. The number of nitrogens with zero attached hydrogens (tertiary/aromatic N) is 1. The van der Waals surface area contributed by atoms with E-state index in [9.17, 15) is 0 Å². The molecule has 1 spiro atoms. The molecule has 3 rings (SSSR count). The first kappa shape index (κ1) is 15.3. The number of thiocyanates is 1. The second-order valence-electron chi connectivity index (χ2n) is 6.65. The molecule has 0 atom stereocenters. The van der Waals surface area contributed by atoms with E-state index in [1.54, 1.807) is 0 Å². The summed E-state index contributed by atoms with van der Waals surface area (Å²) in [5.74, 6) is 0.940. The molecule has 1 nitrogen and oxygen atoms in total. The Labute approximate surface area is 136 Å². The topological polar surface area (TPSA) is 23.8 Å². The highest BCUT2D eigenvalue weighted by Gasteiger charge is 2.57. The van der Waals surface area contributed by atoms with Crippen LogP contribution in [0.3, 0.4) is 0 Å². The number of benzene rings is 1. The van der Waals surface area contributed by atoms with Gasteiger partial charge >= 0.3 is 0 Å². The molecule has 0 bridgehead atoms. The van der Waals surface area contributed by atoms with E-state index in [1.807, 2.05) is 0 Å². The largest absolute Gasteiger partial charge is 0.185 e. The number of rotatable bonds is 6. The van der Waals surface area contributed by atoms with E-state index in [1.165, 1.54) is 55.0 Å². The summed E-state index contributed by atoms with van der Waals surface area (Å²) in [6.45, 7) is 0. The van der Waals surface area contributed by atoms with Crippen molar-refractivity contribution in [3.05, 3.63) is 35.4 Å². The van der Waals surface area contributed by atoms with E-state index in [2.05, 4.69) is 47.7 Å². The molecule has 0 unspecified atom stereocenters. The average molecular weight is 318 g/mol. The first-order chi connectivity index (χ1) is 10.2. The van der Waals surface area contributed by atoms with Gasteiger partial charge in [0.05, 0.1) is 0 Å². The van der Waals surface area contributed by atoms with Gasteiger partial charge in [0.2, 0.25) is 0 Å². The molecule has 3 heteroatoms. The Morgan fingerprint density at radius 1 is 1.19 bits per heavy atom. The summed E-state index contributed by atoms with van der Waals surface area (Å²) in [4.78, 5) is 0. The Balaban J connectivity index is 1.60. The normalized spacial score (nSPS) is 21.3. The Morgan fingerprint density at radius 3 is 2.43 bits per heavy atom. The maximum Gasteiger partial charge on any atom is 0.133 e. The van der Waals surface area contributed by atoms with Gasteiger partial charge in [0.15, 0.2) is 0 Å². The highest BCUT2D eigenvalue weighted by atomic mass is 32.2. The SMILES string of the molecule is CSC1(c2ccc(CCCSC#N)cc2)CC2(CCC2)C1. The van der Waals surface area contributed by atoms with Gasteiger partial charge in [-0.15, -0.1) is 0 Å². The molecule has 2 aliphatic rings. The Kier molecular flexibility index (Phi) is 4.57. The van der Waals surface area contributed by atoms with Crippen LogP contribution in [0.4, 0.5) is 0 Å². The van der Waals surface area contributed by atoms with Gasteiger partial charge in [0.1, 0.15) is 5.40 Å². The van der Waals surface area contributed by atoms with Crippen molar-refractivity contribution in [2.45, 2.75) is 49.7 Å². The van der Waals surface area contributed by atoms with Crippen molar-refractivity contribution in [1.29, 1.82) is 5.26 Å². The van der Waals surface area contributed by atoms with Crippen LogP contribution in [0.2, 0.25) is 0 Å². The molecule has 112 valence electrons. The second-order valence-corrected chi connectivity index (χ2v) is 8.71. The zero-order chi connectivity index (χ0) is 14.8. The van der Waals surface area contributed by atoms with E-state index >= 15 is 0 Å². The van der Waals surface area contributed by atoms with Gasteiger partial charge in [0, 0.05) is 10.5 Å². The van der Waals surface area contributed by atoms with E-state index in [-0.39, 0.29) is 0 Å². The number of hydrogen-bond acceptors (Lipinski definition) is 3. The summed E-state index contributed by atoms with van der Waals surface area (Å²) in [6.07, 6.45) is 11.6. The van der Waals surface area contributed by atoms with Crippen molar-refractivity contribution in [2.24, 2.45) is 5.41 Å². The van der Waals surface area contributed by atoms with Crippen LogP contribution >= 0.6 is 23.5 Å². The minimum absolute atomic E-state index is 0.398. The van der Waals surface area contributed by atoms with Crippen molar-refractivity contribution in [2.75, 3.05) is 12.0 Å². The molecular formula is C18H23NS2. The molecule has 2 saturated carbocycles. The minimum Gasteiger partial charge on any atom is -0.185 e. The Morgan fingerprint density at radius 2 is 1.90 bits per heavy atom. The van der Waals surface area contributed by atoms with Crippen molar-refractivity contribution >= 4 is 23.5 Å². The summed E-state index contributed by atoms with van der Waals surface area (Å²) in [7, 11) is 0. The monoisotopic (exact) mass is 317 g/mol. The van der Waals surface area contributed by atoms with Crippen LogP contribution in [0.5, 0.6) is 0 Å². The Hall–Kier alpha value is -0.590. The maximum absolute atomic E-state index is 8.53. The van der Waals surface area contributed by atoms with Gasteiger partial charge in [0.25, 0.3) is 0 Å². The number of hydrogen-bond donors (Lipinski definition) is 0. The van der Waals surface area contributed by atoms with Crippen LogP contribution in [0.25, 0.3) is 0 Å². The lowest BCUT2D eigenvalue weighted by Crippen LogP contribution is -2.51. The quantitative estimate of drug-likeness (QED) is 0.521. The van der Waals surface area contributed by atoms with E-state index in [4.69, 9.17) is 5.26 Å². The first-order valence-corrected chi connectivity index (χ1v) is 10.1. The molecule has 0 amide bonds. The molecule has 1 aromatic rings. The number of aryl methyl sites for hydroxylation is 1. The van der Waals surface area contributed by atoms with Crippen molar-refractivity contribution in [3.8, 4) is 5.40 Å². The lowest BCUT2D eigenvalue weighted by molar-refractivity contribution is -0.00655. The molecule has 0 aliphatic heterocycles. The van der Waals surface area contributed by atoms with Gasteiger partial charge in [-0.1, -0.05) is 30.7 Å². The predicted octanol–water partition coefficient (Wildman–Crippen LogP) is 5.36. The van der Waals surface area contributed by atoms with Crippen LogP contribution in [0.1, 0.15) is 49.7 Å². The van der Waals surface area contributed by atoms with Crippen LogP contribution in [0, 0.1) is 16.1 Å². The van der Waals surface area contributed by atoms with Crippen LogP contribution in [-0.4, -0.2) is 12.0 Å². The molecule has 0 radical (unpaired) electrons. The van der Waals surface area contributed by atoms with Gasteiger partial charge in [-0.05, 0) is 73.1 Å². The third-order valence-corrected chi connectivity index (χ3v) is 7.31. The smallest absolute Gasteiger partial charge is 0.133 e. The summed E-state index contributed by atoms with van der Waals surface area (Å²) < 4.78 is 0.398. The maximum atomic E-state index is 8.53. The first-order valence-electron chi connectivity index (χ1n) is 7.88. The molecule has 2 fully saturated rings. The number of thioether (sulfide) groups is 2. The Bertz CT molecular complexity index is 517. The molecule has 0 saturated heterocycles. The standard InChI is InChI=1S/C18H23NS2/c1-20-18(12-17(13-18)9-3-10-17)16-7-5-15(6-8-16)4-2-11-21-14-19/h5-8H,2-4,9-13H2,1H3. The van der Waals surface area contributed by atoms with Crippen molar-refractivity contribution in [3.63, 3.8) is 0 Å². The average Bonchev–Trinajstić information content (AvgIpc) is 2.43. The lowest BCUT2D eigenvalue weighted by Gasteiger charge is -2.61. The van der Waals surface area contributed by atoms with Crippen molar-refractivity contribution in [1.82, 2.24) is 0 Å². The minimum atomic E-state index is 0.398. The summed E-state index contributed by atoms with van der Waals surface area (Å²) in [5.41, 5.74) is 3.66. The van der Waals surface area contributed by atoms with Gasteiger partial charge in [-0.2, -0.15) is 17.0 Å². The van der Waals surface area contributed by atoms with Crippen LogP contribution in [-0.2, 0) is 11.2 Å². The third kappa shape index (κ3) is 2.98. The van der Waals surface area contributed by atoms with Gasteiger partial charge < -0.3 is 0 Å². The lowest BCUT2D eigenvalue weighted by atomic mass is 9.50. The zero-order valence-electron chi connectivity index (χ0n) is 12.7. The van der Waals surface area contributed by atoms with Crippen LogP contribution < -0.4 is 0 Å². The molecule has 0 N–H and O–H groups in total. The molecule has 2 aliphatic carbocycles. The molecular weight excluding hydrogens is 294 g/mol. The highest BCUT2D eigenvalue weighted by molar-refractivity contribution is 8.03. The fraction of sp³-hybridized carbons (Fsp3) is 0.611. The van der Waals surface area contributed by atoms with Gasteiger partial charge in [-0.25, -0.2) is 0 Å². The van der Waals surface area contributed by atoms with Crippen molar-refractivity contribution < 1.29 is 0 Å². The summed E-state index contributed by atoms with van der Waals surface area (Å²) in [6, 6.07) is 9.32. The van der Waals surface area contributed by atoms with E-state index < -0.39 is 0 Å². The third-order valence-electron chi connectivity index (χ3n) is 5.38. The molecule has 21 heavy (non-hydrogen) atoms. The van der Waals surface area contributed by atoms with E-state index in [0.29, 0.717) is 4.75 Å². The molecule has 0 aromatic heterocycles. The highest BCUT2D eigenvalue weighted by Crippen LogP contribution is 2.68. The molecule has 1 aromatic carbocycles. The predicted molar refractivity (Wildman–Crippen MR) is 93.5 cm³/mol. The summed E-state index contributed by atoms with van der Waals surface area (Å²) >= 11 is 3.42. The second kappa shape index (κ2) is 6.26.